The van der Waals surface area contributed by atoms with E-state index in [1.807, 2.05) is 14.1 Å². The number of ether oxygens (including phenoxy) is 1. The van der Waals surface area contributed by atoms with Gasteiger partial charge in [-0.3, -0.25) is 4.79 Å². The number of quaternary nitrogens is 1. The Balaban J connectivity index is 2.68. The first kappa shape index (κ1) is 14.9. The molecule has 0 radical (unpaired) electrons. The lowest BCUT2D eigenvalue weighted by Crippen LogP contribution is -2.60. The fourth-order valence-corrected chi connectivity index (χ4v) is 2.23. The van der Waals surface area contributed by atoms with E-state index in [4.69, 9.17) is 10.8 Å². The smallest absolute Gasteiger partial charge is 0.330 e. The van der Waals surface area contributed by atoms with Crippen molar-refractivity contribution in [3.8, 4) is 0 Å². The van der Waals surface area contributed by atoms with E-state index in [0.29, 0.717) is 17.4 Å². The minimum absolute atomic E-state index is 0.421. The molecule has 2 unspecified atom stereocenters. The largest absolute Gasteiger partial charge is 0.467 e. The molecule has 0 spiro atoms. The first-order valence-corrected chi connectivity index (χ1v) is 5.85. The molecule has 4 N–H and O–H groups in total. The van der Waals surface area contributed by atoms with Crippen molar-refractivity contribution >= 4 is 11.9 Å². The van der Waals surface area contributed by atoms with Crippen molar-refractivity contribution in [2.24, 2.45) is 5.73 Å². The number of carbonyl (C=O) groups is 2. The first-order valence-electron chi connectivity index (χ1n) is 5.85. The predicted molar refractivity (Wildman–Crippen MR) is 64.4 cm³/mol. The van der Waals surface area contributed by atoms with E-state index in [9.17, 15) is 9.59 Å². The zero-order chi connectivity index (χ0) is 14.0. The van der Waals surface area contributed by atoms with Gasteiger partial charge in [0.1, 0.15) is 6.54 Å². The van der Waals surface area contributed by atoms with Crippen LogP contribution in [0.25, 0.3) is 0 Å². The van der Waals surface area contributed by atoms with E-state index < -0.39 is 30.1 Å². The minimum atomic E-state index is -1.06. The molecule has 1 rings (SSSR count). The quantitative estimate of drug-likeness (QED) is 0.394. The summed E-state index contributed by atoms with van der Waals surface area (Å²) < 4.78 is 5.14. The maximum Gasteiger partial charge on any atom is 0.330 e. The van der Waals surface area contributed by atoms with Crippen LogP contribution in [0, 0.1) is 0 Å². The standard InChI is InChI=1S/C11H21N3O4/c1-14(2)5-4-11(12,7-14)10(17)13-8(6-15)9(16)18-3/h8,15H,4-7,12H2,1-3H3/p+1. The van der Waals surface area contributed by atoms with Crippen LogP contribution in [0.3, 0.4) is 0 Å². The fourth-order valence-electron chi connectivity index (χ4n) is 2.23. The lowest BCUT2D eigenvalue weighted by molar-refractivity contribution is -0.878. The zero-order valence-corrected chi connectivity index (χ0v) is 11.1. The molecule has 1 amide bonds. The third kappa shape index (κ3) is 3.18. The van der Waals surface area contributed by atoms with Crippen molar-refractivity contribution in [3.63, 3.8) is 0 Å². The normalized spacial score (nSPS) is 27.6. The molecule has 104 valence electrons. The number of hydrogen-bond acceptors (Lipinski definition) is 5. The molecule has 18 heavy (non-hydrogen) atoms. The lowest BCUT2D eigenvalue weighted by atomic mass is 9.98. The van der Waals surface area contributed by atoms with Gasteiger partial charge < -0.3 is 25.4 Å². The van der Waals surface area contributed by atoms with Crippen LogP contribution in [0.1, 0.15) is 6.42 Å². The molecule has 1 aliphatic rings. The lowest BCUT2D eigenvalue weighted by Gasteiger charge is -2.27. The number of nitrogens with one attached hydrogen (secondary N) is 1. The van der Waals surface area contributed by atoms with Crippen LogP contribution >= 0.6 is 0 Å². The van der Waals surface area contributed by atoms with Gasteiger partial charge in [0.05, 0.1) is 34.4 Å². The highest BCUT2D eigenvalue weighted by atomic mass is 16.5. The van der Waals surface area contributed by atoms with Gasteiger partial charge in [0.15, 0.2) is 11.6 Å². The van der Waals surface area contributed by atoms with Crippen LogP contribution in [0.2, 0.25) is 0 Å². The molecule has 0 aromatic heterocycles. The van der Waals surface area contributed by atoms with Crippen molar-refractivity contribution in [1.29, 1.82) is 0 Å². The second-order valence-electron chi connectivity index (χ2n) is 5.46. The highest BCUT2D eigenvalue weighted by Crippen LogP contribution is 2.22. The number of esters is 1. The summed E-state index contributed by atoms with van der Waals surface area (Å²) in [4.78, 5) is 23.4. The molecule has 1 fully saturated rings. The fraction of sp³-hybridized carbons (Fsp3) is 0.818. The molecule has 0 aromatic rings. The van der Waals surface area contributed by atoms with Crippen molar-refractivity contribution in [2.45, 2.75) is 18.0 Å². The Morgan fingerprint density at radius 3 is 2.56 bits per heavy atom. The van der Waals surface area contributed by atoms with Crippen LogP contribution in [-0.4, -0.2) is 73.9 Å². The summed E-state index contributed by atoms with van der Waals surface area (Å²) in [5, 5.41) is 11.5. The second kappa shape index (κ2) is 5.21. The van der Waals surface area contributed by atoms with Crippen molar-refractivity contribution in [3.05, 3.63) is 0 Å². The van der Waals surface area contributed by atoms with Crippen LogP contribution in [0.5, 0.6) is 0 Å². The van der Waals surface area contributed by atoms with E-state index >= 15 is 0 Å². The Bertz CT molecular complexity index is 345. The summed E-state index contributed by atoms with van der Waals surface area (Å²) in [6.45, 7) is 0.789. The number of carbonyl (C=O) groups excluding carboxylic acids is 2. The molecule has 1 heterocycles. The summed E-state index contributed by atoms with van der Waals surface area (Å²) >= 11 is 0. The van der Waals surface area contributed by atoms with Gasteiger partial charge in [-0.25, -0.2) is 4.79 Å². The van der Waals surface area contributed by atoms with Crippen molar-refractivity contribution < 1.29 is 23.9 Å². The molecule has 0 aliphatic carbocycles. The van der Waals surface area contributed by atoms with Crippen molar-refractivity contribution in [1.82, 2.24) is 5.32 Å². The van der Waals surface area contributed by atoms with Gasteiger partial charge >= 0.3 is 5.97 Å². The third-order valence-electron chi connectivity index (χ3n) is 3.30. The molecule has 7 heteroatoms. The van der Waals surface area contributed by atoms with E-state index in [-0.39, 0.29) is 0 Å². The van der Waals surface area contributed by atoms with Gasteiger partial charge in [-0.05, 0) is 0 Å². The number of nitrogens with zero attached hydrogens (tertiary/aromatic N) is 1. The summed E-state index contributed by atoms with van der Waals surface area (Å²) in [6.07, 6.45) is 0.547. The molecule has 2 atom stereocenters. The van der Waals surface area contributed by atoms with E-state index in [2.05, 4.69) is 10.1 Å². The monoisotopic (exact) mass is 260 g/mol. The average molecular weight is 260 g/mol. The Morgan fingerprint density at radius 1 is 1.56 bits per heavy atom. The third-order valence-corrected chi connectivity index (χ3v) is 3.30. The molecule has 1 saturated heterocycles. The summed E-state index contributed by atoms with van der Waals surface area (Å²) in [5.41, 5.74) is 5.07. The molecule has 0 saturated carbocycles. The molecular formula is C11H22N3O4+. The molecule has 7 nitrogen and oxygen atoms in total. The van der Waals surface area contributed by atoms with Crippen LogP contribution in [0.4, 0.5) is 0 Å². The van der Waals surface area contributed by atoms with Gasteiger partial charge in [0.25, 0.3) is 0 Å². The van der Waals surface area contributed by atoms with E-state index in [0.717, 1.165) is 6.54 Å². The van der Waals surface area contributed by atoms with Gasteiger partial charge in [-0.1, -0.05) is 0 Å². The average Bonchev–Trinajstić information content (AvgIpc) is 2.60. The Labute approximate surface area is 106 Å². The number of likely N-dealkylation sites (N-methyl/N-ethyl adjacent to an activating group) is 1. The maximum absolute atomic E-state index is 12.1. The number of methoxy groups -OCH3 is 1. The molecule has 0 aromatic carbocycles. The number of rotatable bonds is 4. The molecular weight excluding hydrogens is 238 g/mol. The summed E-state index contributed by atoms with van der Waals surface area (Å²) in [5.74, 6) is -1.10. The van der Waals surface area contributed by atoms with E-state index in [1.54, 1.807) is 0 Å². The number of likely N-dealkylation sites (tertiary alicyclic amines) is 1. The maximum atomic E-state index is 12.1. The van der Waals surface area contributed by atoms with E-state index in [1.165, 1.54) is 7.11 Å². The van der Waals surface area contributed by atoms with Gasteiger partial charge in [-0.2, -0.15) is 0 Å². The van der Waals surface area contributed by atoms with Gasteiger partial charge in [-0.15, -0.1) is 0 Å². The highest BCUT2D eigenvalue weighted by Gasteiger charge is 2.48. The predicted octanol–water partition coefficient (Wildman–Crippen LogP) is -2.19. The zero-order valence-electron chi connectivity index (χ0n) is 11.1. The number of nitrogens with two attached hydrogens (primary N) is 1. The van der Waals surface area contributed by atoms with Gasteiger partial charge in [0.2, 0.25) is 5.91 Å². The number of hydrogen-bond donors (Lipinski definition) is 3. The topological polar surface area (TPSA) is 102 Å². The Morgan fingerprint density at radius 2 is 2.17 bits per heavy atom. The summed E-state index contributed by atoms with van der Waals surface area (Å²) in [6, 6.07) is -1.06. The number of amides is 1. The van der Waals surface area contributed by atoms with Gasteiger partial charge in [0, 0.05) is 6.42 Å². The van der Waals surface area contributed by atoms with Crippen LogP contribution in [-0.2, 0) is 14.3 Å². The first-order chi connectivity index (χ1) is 8.24. The number of aliphatic hydroxyl groups excluding tert-OH is 1. The molecule has 0 bridgehead atoms. The summed E-state index contributed by atoms with van der Waals surface area (Å²) in [7, 11) is 5.18. The Hall–Kier alpha value is -1.18. The second-order valence-corrected chi connectivity index (χ2v) is 5.46. The minimum Gasteiger partial charge on any atom is -0.467 e. The Kier molecular flexibility index (Phi) is 4.31. The van der Waals surface area contributed by atoms with Crippen LogP contribution < -0.4 is 11.1 Å². The van der Waals surface area contributed by atoms with Crippen molar-refractivity contribution in [2.75, 3.05) is 40.9 Å². The SMILES string of the molecule is COC(=O)C(CO)NC(=O)C1(N)CC[N+](C)(C)C1. The van der Waals surface area contributed by atoms with Crippen LogP contribution in [0.15, 0.2) is 0 Å². The molecule has 1 aliphatic heterocycles. The highest BCUT2D eigenvalue weighted by molar-refractivity contribution is 5.90. The number of aliphatic hydroxyl groups is 1.